The van der Waals surface area contributed by atoms with Crippen LogP contribution in [0, 0.1) is 0 Å². The highest BCUT2D eigenvalue weighted by molar-refractivity contribution is 5.97. The third-order valence-corrected chi connectivity index (χ3v) is 4.21. The zero-order valence-corrected chi connectivity index (χ0v) is 10.0. The SMILES string of the molecule is C[C@@H]1c2cccc3cccc(c23)[C@]1(C)/C=N/O. The first-order chi connectivity index (χ1) is 8.18. The molecule has 0 amide bonds. The fraction of sp³-hybridized carbons (Fsp3) is 0.267. The zero-order valence-electron chi connectivity index (χ0n) is 10.0. The van der Waals surface area contributed by atoms with Gasteiger partial charge in [-0.15, -0.1) is 5.16 Å². The quantitative estimate of drug-likeness (QED) is 0.448. The standard InChI is InChI=1S/C15H15NO/c1-10-12-7-3-5-11-6-4-8-13(14(11)12)15(10,2)9-16-17/h3-10,17H,1-2H3/b16-9+/t10-,15-/m1/s1. The van der Waals surface area contributed by atoms with Crippen molar-refractivity contribution in [3.63, 3.8) is 0 Å². The fourth-order valence-electron chi connectivity index (χ4n) is 3.04. The molecule has 1 aliphatic carbocycles. The molecule has 3 rings (SSSR count). The van der Waals surface area contributed by atoms with Crippen LogP contribution in [0.1, 0.15) is 30.9 Å². The van der Waals surface area contributed by atoms with Crippen LogP contribution in [0.2, 0.25) is 0 Å². The highest BCUT2D eigenvalue weighted by atomic mass is 16.4. The third kappa shape index (κ3) is 1.18. The maximum absolute atomic E-state index is 8.91. The van der Waals surface area contributed by atoms with Gasteiger partial charge in [0.2, 0.25) is 0 Å². The van der Waals surface area contributed by atoms with Crippen LogP contribution in [0.3, 0.4) is 0 Å². The normalized spacial score (nSPS) is 27.1. The van der Waals surface area contributed by atoms with Crippen LogP contribution in [0.5, 0.6) is 0 Å². The van der Waals surface area contributed by atoms with Crippen LogP contribution >= 0.6 is 0 Å². The monoisotopic (exact) mass is 225 g/mol. The maximum atomic E-state index is 8.91. The van der Waals surface area contributed by atoms with Gasteiger partial charge in [-0.25, -0.2) is 0 Å². The van der Waals surface area contributed by atoms with Crippen LogP contribution < -0.4 is 0 Å². The summed E-state index contributed by atoms with van der Waals surface area (Å²) in [5.74, 6) is 0.333. The second kappa shape index (κ2) is 3.33. The molecular weight excluding hydrogens is 210 g/mol. The molecule has 2 aromatic rings. The molecule has 0 fully saturated rings. The smallest absolute Gasteiger partial charge is 0.0545 e. The third-order valence-electron chi connectivity index (χ3n) is 4.21. The maximum Gasteiger partial charge on any atom is 0.0545 e. The van der Waals surface area contributed by atoms with E-state index in [1.165, 1.54) is 21.9 Å². The molecule has 1 N–H and O–H groups in total. The Labute approximate surface area is 101 Å². The van der Waals surface area contributed by atoms with Crippen molar-refractivity contribution in [1.29, 1.82) is 0 Å². The Kier molecular flexibility index (Phi) is 2.02. The molecule has 2 nitrogen and oxygen atoms in total. The topological polar surface area (TPSA) is 32.6 Å². The molecule has 2 atom stereocenters. The van der Waals surface area contributed by atoms with E-state index in [1.54, 1.807) is 6.21 Å². The molecule has 86 valence electrons. The van der Waals surface area contributed by atoms with Crippen molar-refractivity contribution in [2.45, 2.75) is 25.2 Å². The molecule has 0 aliphatic heterocycles. The number of hydrogen-bond donors (Lipinski definition) is 1. The molecule has 1 aliphatic rings. The van der Waals surface area contributed by atoms with Crippen LogP contribution in [0.4, 0.5) is 0 Å². The molecule has 0 saturated carbocycles. The van der Waals surface area contributed by atoms with E-state index in [1.807, 2.05) is 0 Å². The van der Waals surface area contributed by atoms with Gasteiger partial charge in [-0.3, -0.25) is 0 Å². The minimum Gasteiger partial charge on any atom is -0.411 e. The lowest BCUT2D eigenvalue weighted by Gasteiger charge is -2.25. The van der Waals surface area contributed by atoms with E-state index in [4.69, 9.17) is 5.21 Å². The molecule has 0 unspecified atom stereocenters. The first-order valence-electron chi connectivity index (χ1n) is 5.89. The fourth-order valence-corrected chi connectivity index (χ4v) is 3.04. The Morgan fingerprint density at radius 1 is 1.24 bits per heavy atom. The molecule has 0 aromatic heterocycles. The summed E-state index contributed by atoms with van der Waals surface area (Å²) in [5, 5.41) is 14.8. The number of rotatable bonds is 1. The molecule has 0 spiro atoms. The van der Waals surface area contributed by atoms with Crippen molar-refractivity contribution in [3.05, 3.63) is 47.5 Å². The molecule has 0 bridgehead atoms. The average molecular weight is 225 g/mol. The summed E-state index contributed by atoms with van der Waals surface area (Å²) in [7, 11) is 0. The van der Waals surface area contributed by atoms with Crippen LogP contribution in [-0.2, 0) is 5.41 Å². The summed E-state index contributed by atoms with van der Waals surface area (Å²) < 4.78 is 0. The van der Waals surface area contributed by atoms with E-state index in [-0.39, 0.29) is 5.41 Å². The molecule has 2 heteroatoms. The largest absolute Gasteiger partial charge is 0.411 e. The second-order valence-electron chi connectivity index (χ2n) is 5.00. The predicted octanol–water partition coefficient (Wildman–Crippen LogP) is 3.67. The van der Waals surface area contributed by atoms with E-state index in [9.17, 15) is 0 Å². The van der Waals surface area contributed by atoms with Gasteiger partial charge in [-0.2, -0.15) is 0 Å². The Morgan fingerprint density at radius 3 is 2.65 bits per heavy atom. The lowest BCUT2D eigenvalue weighted by atomic mass is 9.77. The van der Waals surface area contributed by atoms with E-state index in [0.29, 0.717) is 5.92 Å². The first kappa shape index (κ1) is 10.3. The summed E-state index contributed by atoms with van der Waals surface area (Å²) in [6, 6.07) is 12.8. The zero-order chi connectivity index (χ0) is 12.0. The van der Waals surface area contributed by atoms with Crippen molar-refractivity contribution in [2.75, 3.05) is 0 Å². The van der Waals surface area contributed by atoms with Gasteiger partial charge in [0.25, 0.3) is 0 Å². The van der Waals surface area contributed by atoms with Crippen LogP contribution in [0.15, 0.2) is 41.6 Å². The number of benzene rings is 2. The lowest BCUT2D eigenvalue weighted by molar-refractivity contribution is 0.315. The van der Waals surface area contributed by atoms with Crippen molar-refractivity contribution in [1.82, 2.24) is 0 Å². The highest BCUT2D eigenvalue weighted by Crippen LogP contribution is 2.49. The Morgan fingerprint density at radius 2 is 1.94 bits per heavy atom. The van der Waals surface area contributed by atoms with Gasteiger partial charge in [0, 0.05) is 5.41 Å². The summed E-state index contributed by atoms with van der Waals surface area (Å²) in [5.41, 5.74) is 2.40. The van der Waals surface area contributed by atoms with Crippen LogP contribution in [0.25, 0.3) is 10.8 Å². The molecule has 17 heavy (non-hydrogen) atoms. The van der Waals surface area contributed by atoms with Crippen molar-refractivity contribution in [3.8, 4) is 0 Å². The highest BCUT2D eigenvalue weighted by Gasteiger charge is 2.40. The van der Waals surface area contributed by atoms with Crippen molar-refractivity contribution >= 4 is 17.0 Å². The second-order valence-corrected chi connectivity index (χ2v) is 5.00. The van der Waals surface area contributed by atoms with Gasteiger partial charge in [0.1, 0.15) is 0 Å². The average Bonchev–Trinajstić information content (AvgIpc) is 2.55. The molecule has 0 saturated heterocycles. The Bertz CT molecular complexity index is 612. The van der Waals surface area contributed by atoms with E-state index < -0.39 is 0 Å². The summed E-state index contributed by atoms with van der Waals surface area (Å²) in [6.07, 6.45) is 1.66. The summed E-state index contributed by atoms with van der Waals surface area (Å²) in [6.45, 7) is 4.32. The van der Waals surface area contributed by atoms with Gasteiger partial charge in [-0.05, 0) is 34.7 Å². The Balaban J connectivity index is 2.42. The van der Waals surface area contributed by atoms with E-state index in [2.05, 4.69) is 55.4 Å². The minimum atomic E-state index is -0.210. The predicted molar refractivity (Wildman–Crippen MR) is 70.0 cm³/mol. The van der Waals surface area contributed by atoms with Crippen molar-refractivity contribution in [2.24, 2.45) is 5.16 Å². The summed E-state index contributed by atoms with van der Waals surface area (Å²) >= 11 is 0. The van der Waals surface area contributed by atoms with Gasteiger partial charge < -0.3 is 5.21 Å². The van der Waals surface area contributed by atoms with E-state index in [0.717, 1.165) is 0 Å². The lowest BCUT2D eigenvalue weighted by Crippen LogP contribution is -2.26. The number of nitrogens with zero attached hydrogens (tertiary/aromatic N) is 1. The molecule has 2 aromatic carbocycles. The Hall–Kier alpha value is -1.83. The van der Waals surface area contributed by atoms with Gasteiger partial charge in [0.15, 0.2) is 0 Å². The van der Waals surface area contributed by atoms with Crippen LogP contribution in [-0.4, -0.2) is 11.4 Å². The van der Waals surface area contributed by atoms with Crippen molar-refractivity contribution < 1.29 is 5.21 Å². The number of hydrogen-bond acceptors (Lipinski definition) is 2. The number of oxime groups is 1. The molecule has 0 radical (unpaired) electrons. The van der Waals surface area contributed by atoms with Gasteiger partial charge >= 0.3 is 0 Å². The van der Waals surface area contributed by atoms with Gasteiger partial charge in [0.05, 0.1) is 6.21 Å². The summed E-state index contributed by atoms with van der Waals surface area (Å²) in [4.78, 5) is 0. The molecule has 0 heterocycles. The minimum absolute atomic E-state index is 0.210. The first-order valence-corrected chi connectivity index (χ1v) is 5.89. The van der Waals surface area contributed by atoms with Gasteiger partial charge in [-0.1, -0.05) is 43.3 Å². The van der Waals surface area contributed by atoms with E-state index >= 15 is 0 Å². The molecular formula is C15H15NO.